The average molecular weight is 267 g/mol. The van der Waals surface area contributed by atoms with Crippen molar-refractivity contribution in [1.29, 1.82) is 0 Å². The van der Waals surface area contributed by atoms with Crippen molar-refractivity contribution in [2.75, 3.05) is 6.61 Å². The number of rotatable bonds is 3. The van der Waals surface area contributed by atoms with Crippen molar-refractivity contribution in [1.82, 2.24) is 5.32 Å². The number of hydrogen-bond donors (Lipinski definition) is 2. The van der Waals surface area contributed by atoms with E-state index < -0.39 is 0 Å². The monoisotopic (exact) mass is 267 g/mol. The summed E-state index contributed by atoms with van der Waals surface area (Å²) < 4.78 is 0. The Bertz CT molecular complexity index is 351. The number of amides is 1. The minimum absolute atomic E-state index is 0.0652. The molecule has 0 aromatic carbocycles. The van der Waals surface area contributed by atoms with Crippen LogP contribution in [0.2, 0.25) is 0 Å². The lowest BCUT2D eigenvalue weighted by molar-refractivity contribution is -0.126. The summed E-state index contributed by atoms with van der Waals surface area (Å²) in [4.78, 5) is 12.5. The van der Waals surface area contributed by atoms with Crippen LogP contribution in [0.25, 0.3) is 0 Å². The Morgan fingerprint density at radius 3 is 2.00 bits per heavy atom. The minimum Gasteiger partial charge on any atom is -0.394 e. The molecule has 2 aliphatic carbocycles. The van der Waals surface area contributed by atoms with Crippen LogP contribution >= 0.6 is 0 Å². The molecule has 0 unspecified atom stereocenters. The predicted molar refractivity (Wildman–Crippen MR) is 76.6 cm³/mol. The number of aliphatic hydroxyl groups is 1. The van der Waals surface area contributed by atoms with E-state index in [0.717, 1.165) is 25.7 Å². The van der Waals surface area contributed by atoms with E-state index in [1.165, 1.54) is 0 Å². The van der Waals surface area contributed by atoms with E-state index in [0.29, 0.717) is 5.92 Å². The molecular weight excluding hydrogens is 238 g/mol. The number of carbonyl (C=O) groups excluding carboxylic acids is 1. The molecule has 2 fully saturated rings. The van der Waals surface area contributed by atoms with Gasteiger partial charge in [0.05, 0.1) is 12.1 Å². The lowest BCUT2D eigenvalue weighted by Crippen LogP contribution is -2.54. The van der Waals surface area contributed by atoms with E-state index in [9.17, 15) is 9.90 Å². The normalized spacial score (nSPS) is 36.8. The smallest absolute Gasteiger partial charge is 0.224 e. The largest absolute Gasteiger partial charge is 0.394 e. The molecule has 19 heavy (non-hydrogen) atoms. The summed E-state index contributed by atoms with van der Waals surface area (Å²) in [6, 6.07) is 0. The third-order valence-electron chi connectivity index (χ3n) is 6.21. The molecule has 2 aliphatic rings. The first kappa shape index (κ1) is 14.8. The summed E-state index contributed by atoms with van der Waals surface area (Å²) in [5, 5.41) is 12.9. The zero-order valence-corrected chi connectivity index (χ0v) is 13.0. The second-order valence-corrected chi connectivity index (χ2v) is 7.99. The van der Waals surface area contributed by atoms with E-state index >= 15 is 0 Å². The maximum absolute atomic E-state index is 12.5. The molecule has 2 saturated carbocycles. The summed E-state index contributed by atoms with van der Waals surface area (Å²) in [6.07, 6.45) is 4.00. The fourth-order valence-corrected chi connectivity index (χ4v) is 3.82. The topological polar surface area (TPSA) is 49.3 Å². The Hall–Kier alpha value is -0.570. The van der Waals surface area contributed by atoms with Gasteiger partial charge in [-0.1, -0.05) is 34.6 Å². The Morgan fingerprint density at radius 2 is 1.63 bits per heavy atom. The van der Waals surface area contributed by atoms with Crippen molar-refractivity contribution in [3.63, 3.8) is 0 Å². The van der Waals surface area contributed by atoms with E-state index in [1.807, 2.05) is 0 Å². The molecule has 0 radical (unpaired) electrons. The van der Waals surface area contributed by atoms with Crippen LogP contribution in [-0.4, -0.2) is 23.2 Å². The highest BCUT2D eigenvalue weighted by Gasteiger charge is 2.68. The highest BCUT2D eigenvalue weighted by atomic mass is 16.3. The van der Waals surface area contributed by atoms with E-state index in [4.69, 9.17) is 0 Å². The van der Waals surface area contributed by atoms with Gasteiger partial charge in [0.1, 0.15) is 0 Å². The third-order valence-corrected chi connectivity index (χ3v) is 6.21. The molecule has 0 saturated heterocycles. The first-order valence-corrected chi connectivity index (χ1v) is 7.59. The summed E-state index contributed by atoms with van der Waals surface area (Å²) in [5.74, 6) is 0.923. The second-order valence-electron chi connectivity index (χ2n) is 7.99. The van der Waals surface area contributed by atoms with Crippen molar-refractivity contribution in [2.45, 2.75) is 65.8 Å². The Balaban J connectivity index is 2.02. The van der Waals surface area contributed by atoms with Crippen LogP contribution in [0.4, 0.5) is 0 Å². The Morgan fingerprint density at radius 1 is 1.16 bits per heavy atom. The lowest BCUT2D eigenvalue weighted by Gasteiger charge is -2.39. The molecule has 3 heteroatoms. The van der Waals surface area contributed by atoms with Gasteiger partial charge < -0.3 is 10.4 Å². The van der Waals surface area contributed by atoms with E-state index in [2.05, 4.69) is 39.9 Å². The van der Waals surface area contributed by atoms with Crippen LogP contribution in [0, 0.1) is 22.7 Å². The van der Waals surface area contributed by atoms with Crippen molar-refractivity contribution in [3.8, 4) is 0 Å². The predicted octanol–water partition coefficient (Wildman–Crippen LogP) is 2.73. The standard InChI is InChI=1S/C16H29NO2/c1-11-6-8-16(10-18,9-7-11)17-13(19)12-14(2,3)15(12,4)5/h11-12,18H,6-10H2,1-5H3,(H,17,19). The van der Waals surface area contributed by atoms with Gasteiger partial charge in [-0.15, -0.1) is 0 Å². The van der Waals surface area contributed by atoms with Gasteiger partial charge in [0, 0.05) is 5.92 Å². The summed E-state index contributed by atoms with van der Waals surface area (Å²) >= 11 is 0. The molecule has 1 amide bonds. The summed E-state index contributed by atoms with van der Waals surface area (Å²) in [6.45, 7) is 10.9. The highest BCUT2D eigenvalue weighted by Crippen LogP contribution is 2.68. The van der Waals surface area contributed by atoms with Crippen molar-refractivity contribution in [3.05, 3.63) is 0 Å². The van der Waals surface area contributed by atoms with Gasteiger partial charge in [-0.2, -0.15) is 0 Å². The maximum atomic E-state index is 12.5. The van der Waals surface area contributed by atoms with Crippen LogP contribution in [0.15, 0.2) is 0 Å². The molecule has 0 aliphatic heterocycles. The fraction of sp³-hybridized carbons (Fsp3) is 0.938. The molecule has 2 rings (SSSR count). The first-order chi connectivity index (χ1) is 8.66. The Labute approximate surface area is 117 Å². The number of carbonyl (C=O) groups is 1. The second kappa shape index (κ2) is 4.47. The average Bonchev–Trinajstić information content (AvgIpc) is 2.73. The molecular formula is C16H29NO2. The molecule has 2 N–H and O–H groups in total. The highest BCUT2D eigenvalue weighted by molar-refractivity contribution is 5.84. The zero-order valence-electron chi connectivity index (χ0n) is 13.0. The number of aliphatic hydroxyl groups excluding tert-OH is 1. The van der Waals surface area contributed by atoms with Crippen molar-refractivity contribution in [2.24, 2.45) is 22.7 Å². The van der Waals surface area contributed by atoms with Crippen LogP contribution in [0.5, 0.6) is 0 Å². The van der Waals surface area contributed by atoms with Crippen molar-refractivity contribution < 1.29 is 9.90 Å². The molecule has 0 heterocycles. The minimum atomic E-state index is -0.363. The van der Waals surface area contributed by atoms with Crippen LogP contribution in [-0.2, 0) is 4.79 Å². The molecule has 110 valence electrons. The third kappa shape index (κ3) is 2.31. The molecule has 0 atom stereocenters. The van der Waals surface area contributed by atoms with Gasteiger partial charge in [0.25, 0.3) is 0 Å². The van der Waals surface area contributed by atoms with Gasteiger partial charge in [0.15, 0.2) is 0 Å². The fourth-order valence-electron chi connectivity index (χ4n) is 3.82. The van der Waals surface area contributed by atoms with Crippen LogP contribution < -0.4 is 5.32 Å². The van der Waals surface area contributed by atoms with Gasteiger partial charge in [-0.05, 0) is 42.4 Å². The quantitative estimate of drug-likeness (QED) is 0.826. The van der Waals surface area contributed by atoms with E-state index in [1.54, 1.807) is 0 Å². The molecule has 3 nitrogen and oxygen atoms in total. The zero-order chi connectivity index (χ0) is 14.5. The number of nitrogens with one attached hydrogen (secondary N) is 1. The summed E-state index contributed by atoms with van der Waals surface area (Å²) in [7, 11) is 0. The van der Waals surface area contributed by atoms with Gasteiger partial charge in [-0.25, -0.2) is 0 Å². The molecule has 0 bridgehead atoms. The van der Waals surface area contributed by atoms with Gasteiger partial charge in [0.2, 0.25) is 5.91 Å². The van der Waals surface area contributed by atoms with Crippen LogP contribution in [0.1, 0.15) is 60.3 Å². The first-order valence-electron chi connectivity index (χ1n) is 7.59. The number of hydrogen-bond acceptors (Lipinski definition) is 2. The Kier molecular flexibility index (Phi) is 3.49. The molecule has 0 aromatic rings. The lowest BCUT2D eigenvalue weighted by atomic mass is 9.77. The molecule has 0 spiro atoms. The van der Waals surface area contributed by atoms with Crippen molar-refractivity contribution >= 4 is 5.91 Å². The van der Waals surface area contributed by atoms with Gasteiger partial charge in [-0.3, -0.25) is 4.79 Å². The maximum Gasteiger partial charge on any atom is 0.224 e. The molecule has 0 aromatic heterocycles. The van der Waals surface area contributed by atoms with Gasteiger partial charge >= 0.3 is 0 Å². The van der Waals surface area contributed by atoms with Crippen LogP contribution in [0.3, 0.4) is 0 Å². The van der Waals surface area contributed by atoms with E-state index in [-0.39, 0.29) is 34.8 Å². The SMILES string of the molecule is CC1CCC(CO)(NC(=O)C2C(C)(C)C2(C)C)CC1. The summed E-state index contributed by atoms with van der Waals surface area (Å²) in [5.41, 5.74) is -0.232.